The van der Waals surface area contributed by atoms with E-state index < -0.39 is 0 Å². The average Bonchev–Trinajstić information content (AvgIpc) is 2.63. The number of ether oxygens (including phenoxy) is 1. The molecule has 4 nitrogen and oxygen atoms in total. The maximum absolute atomic E-state index is 9.44. The fourth-order valence-corrected chi connectivity index (χ4v) is 1.63. The fourth-order valence-electron chi connectivity index (χ4n) is 1.11. The quantitative estimate of drug-likeness (QED) is 0.833. The first-order valence-corrected chi connectivity index (χ1v) is 5.14. The van der Waals surface area contributed by atoms with Crippen molar-refractivity contribution in [3.63, 3.8) is 0 Å². The van der Waals surface area contributed by atoms with Crippen LogP contribution in [0.1, 0.15) is 5.56 Å². The molecule has 1 aromatic carbocycles. The lowest BCUT2D eigenvalue weighted by atomic mass is 10.3. The molecule has 0 unspecified atom stereocenters. The van der Waals surface area contributed by atoms with Crippen molar-refractivity contribution in [3.8, 4) is 11.5 Å². The summed E-state index contributed by atoms with van der Waals surface area (Å²) in [6.45, 7) is 0.319. The average molecular weight is 222 g/mol. The van der Waals surface area contributed by atoms with Crippen molar-refractivity contribution in [2.24, 2.45) is 0 Å². The standard InChI is InChI=1S/C10H10N2O2S/c11-10-7(5-12-15-10)6-14-9-4-2-1-3-8(9)13/h1-5,13H,6,11H2. The maximum Gasteiger partial charge on any atom is 0.161 e. The van der Waals surface area contributed by atoms with Gasteiger partial charge in [0.25, 0.3) is 0 Å². The van der Waals surface area contributed by atoms with Crippen molar-refractivity contribution in [1.82, 2.24) is 4.37 Å². The van der Waals surface area contributed by atoms with Gasteiger partial charge in [0.15, 0.2) is 11.5 Å². The first-order valence-electron chi connectivity index (χ1n) is 4.37. The van der Waals surface area contributed by atoms with E-state index in [1.807, 2.05) is 0 Å². The smallest absolute Gasteiger partial charge is 0.161 e. The number of anilines is 1. The predicted molar refractivity (Wildman–Crippen MR) is 59.0 cm³/mol. The monoisotopic (exact) mass is 222 g/mol. The van der Waals surface area contributed by atoms with Gasteiger partial charge in [-0.25, -0.2) is 0 Å². The highest BCUT2D eigenvalue weighted by atomic mass is 32.1. The Morgan fingerprint density at radius 1 is 1.40 bits per heavy atom. The summed E-state index contributed by atoms with van der Waals surface area (Å²) in [6, 6.07) is 6.81. The van der Waals surface area contributed by atoms with Crippen LogP contribution in [0.15, 0.2) is 30.5 Å². The van der Waals surface area contributed by atoms with Gasteiger partial charge in [-0.3, -0.25) is 0 Å². The van der Waals surface area contributed by atoms with E-state index in [9.17, 15) is 5.11 Å². The number of phenolic OH excluding ortho intramolecular Hbond substituents is 1. The molecular formula is C10H10N2O2S. The van der Waals surface area contributed by atoms with E-state index in [1.54, 1.807) is 30.5 Å². The Balaban J connectivity index is 2.06. The second-order valence-corrected chi connectivity index (χ2v) is 3.80. The summed E-state index contributed by atoms with van der Waals surface area (Å²) in [6.07, 6.45) is 1.67. The molecule has 0 aliphatic rings. The summed E-state index contributed by atoms with van der Waals surface area (Å²) in [5.41, 5.74) is 6.49. The number of nitrogen functional groups attached to an aromatic ring is 1. The lowest BCUT2D eigenvalue weighted by Crippen LogP contribution is -1.96. The number of para-hydroxylation sites is 2. The lowest BCUT2D eigenvalue weighted by molar-refractivity contribution is 0.290. The van der Waals surface area contributed by atoms with Gasteiger partial charge in [0.2, 0.25) is 0 Å². The molecule has 0 saturated heterocycles. The number of hydrogen-bond donors (Lipinski definition) is 2. The summed E-state index contributed by atoms with van der Waals surface area (Å²) in [5, 5.41) is 10.1. The largest absolute Gasteiger partial charge is 0.504 e. The molecule has 0 aliphatic heterocycles. The number of phenols is 1. The molecule has 0 bridgehead atoms. The van der Waals surface area contributed by atoms with Gasteiger partial charge < -0.3 is 15.6 Å². The van der Waals surface area contributed by atoms with Crippen LogP contribution in [0.3, 0.4) is 0 Å². The van der Waals surface area contributed by atoms with Gasteiger partial charge in [0, 0.05) is 11.8 Å². The lowest BCUT2D eigenvalue weighted by Gasteiger charge is -2.06. The van der Waals surface area contributed by atoms with Crippen molar-refractivity contribution in [2.45, 2.75) is 6.61 Å². The summed E-state index contributed by atoms with van der Waals surface area (Å²) in [4.78, 5) is 0. The number of aromatic hydroxyl groups is 1. The zero-order valence-corrected chi connectivity index (χ0v) is 8.70. The van der Waals surface area contributed by atoms with E-state index in [1.165, 1.54) is 11.5 Å². The molecule has 0 fully saturated rings. The van der Waals surface area contributed by atoms with Gasteiger partial charge in [-0.05, 0) is 23.7 Å². The van der Waals surface area contributed by atoms with E-state index in [0.29, 0.717) is 17.4 Å². The second-order valence-electron chi connectivity index (χ2n) is 2.97. The molecule has 0 radical (unpaired) electrons. The van der Waals surface area contributed by atoms with Crippen LogP contribution in [0.2, 0.25) is 0 Å². The predicted octanol–water partition coefficient (Wildman–Crippen LogP) is 2.01. The van der Waals surface area contributed by atoms with Crippen molar-refractivity contribution >= 4 is 16.5 Å². The van der Waals surface area contributed by atoms with Gasteiger partial charge in [-0.1, -0.05) is 12.1 Å². The Labute approximate surface area is 91.1 Å². The molecule has 15 heavy (non-hydrogen) atoms. The molecule has 0 atom stereocenters. The number of nitrogens with two attached hydrogens (primary N) is 1. The normalized spacial score (nSPS) is 10.1. The molecule has 5 heteroatoms. The van der Waals surface area contributed by atoms with E-state index in [0.717, 1.165) is 5.56 Å². The second kappa shape index (κ2) is 4.18. The molecule has 1 aromatic heterocycles. The minimum atomic E-state index is 0.124. The molecule has 78 valence electrons. The van der Waals surface area contributed by atoms with E-state index in [2.05, 4.69) is 4.37 Å². The minimum absolute atomic E-state index is 0.124. The number of hydrogen-bond acceptors (Lipinski definition) is 5. The summed E-state index contributed by atoms with van der Waals surface area (Å²) < 4.78 is 9.33. The van der Waals surface area contributed by atoms with E-state index in [-0.39, 0.29) is 5.75 Å². The van der Waals surface area contributed by atoms with Crippen molar-refractivity contribution < 1.29 is 9.84 Å². The number of benzene rings is 1. The van der Waals surface area contributed by atoms with Crippen LogP contribution in [-0.2, 0) is 6.61 Å². The first kappa shape index (κ1) is 9.79. The van der Waals surface area contributed by atoms with Crippen molar-refractivity contribution in [1.29, 1.82) is 0 Å². The van der Waals surface area contributed by atoms with Crippen LogP contribution in [0.25, 0.3) is 0 Å². The van der Waals surface area contributed by atoms with Gasteiger partial charge in [-0.15, -0.1) is 0 Å². The summed E-state index contributed by atoms with van der Waals surface area (Å²) in [7, 11) is 0. The Bertz CT molecular complexity index is 456. The third kappa shape index (κ3) is 2.19. The number of aromatic nitrogens is 1. The topological polar surface area (TPSA) is 68.4 Å². The Morgan fingerprint density at radius 2 is 2.20 bits per heavy atom. The van der Waals surface area contributed by atoms with Crippen LogP contribution in [0.4, 0.5) is 5.00 Å². The van der Waals surface area contributed by atoms with Gasteiger partial charge in [0.1, 0.15) is 11.6 Å². The van der Waals surface area contributed by atoms with Crippen LogP contribution in [0, 0.1) is 0 Å². The highest BCUT2D eigenvalue weighted by Gasteiger charge is 2.04. The Kier molecular flexibility index (Phi) is 2.73. The zero-order chi connectivity index (χ0) is 10.7. The van der Waals surface area contributed by atoms with E-state index >= 15 is 0 Å². The van der Waals surface area contributed by atoms with Gasteiger partial charge in [0.05, 0.1) is 0 Å². The maximum atomic E-state index is 9.44. The highest BCUT2D eigenvalue weighted by molar-refractivity contribution is 7.10. The Morgan fingerprint density at radius 3 is 2.87 bits per heavy atom. The number of rotatable bonds is 3. The zero-order valence-electron chi connectivity index (χ0n) is 7.88. The molecule has 0 spiro atoms. The van der Waals surface area contributed by atoms with Crippen molar-refractivity contribution in [2.75, 3.05) is 5.73 Å². The fraction of sp³-hybridized carbons (Fsp3) is 0.100. The highest BCUT2D eigenvalue weighted by Crippen LogP contribution is 2.26. The van der Waals surface area contributed by atoms with Crippen LogP contribution < -0.4 is 10.5 Å². The first-order chi connectivity index (χ1) is 7.27. The summed E-state index contributed by atoms with van der Waals surface area (Å²) >= 11 is 1.23. The Hall–Kier alpha value is -1.75. The molecule has 0 saturated carbocycles. The molecule has 2 aromatic rings. The van der Waals surface area contributed by atoms with Gasteiger partial charge in [-0.2, -0.15) is 4.37 Å². The minimum Gasteiger partial charge on any atom is -0.504 e. The molecule has 0 aliphatic carbocycles. The molecular weight excluding hydrogens is 212 g/mol. The molecule has 0 amide bonds. The van der Waals surface area contributed by atoms with Gasteiger partial charge >= 0.3 is 0 Å². The molecule has 3 N–H and O–H groups in total. The van der Waals surface area contributed by atoms with E-state index in [4.69, 9.17) is 10.5 Å². The van der Waals surface area contributed by atoms with Crippen LogP contribution in [0.5, 0.6) is 11.5 Å². The molecule has 1 heterocycles. The number of nitrogens with zero attached hydrogens (tertiary/aromatic N) is 1. The third-order valence-corrected chi connectivity index (χ3v) is 2.59. The SMILES string of the molecule is Nc1sncc1COc1ccccc1O. The summed E-state index contributed by atoms with van der Waals surface area (Å²) in [5.74, 6) is 0.572. The third-order valence-electron chi connectivity index (χ3n) is 1.92. The van der Waals surface area contributed by atoms with Crippen LogP contribution >= 0.6 is 11.5 Å². The van der Waals surface area contributed by atoms with Crippen molar-refractivity contribution in [3.05, 3.63) is 36.0 Å². The molecule has 2 rings (SSSR count). The van der Waals surface area contributed by atoms with Crippen LogP contribution in [-0.4, -0.2) is 9.48 Å².